The van der Waals surface area contributed by atoms with Gasteiger partial charge in [-0.2, -0.15) is 17.6 Å². The van der Waals surface area contributed by atoms with E-state index in [1.54, 1.807) is 0 Å². The van der Waals surface area contributed by atoms with E-state index >= 15 is 0 Å². The van der Waals surface area contributed by atoms with Crippen molar-refractivity contribution >= 4 is 17.5 Å². The predicted molar refractivity (Wildman–Crippen MR) is 124 cm³/mol. The van der Waals surface area contributed by atoms with E-state index in [2.05, 4.69) is 10.3 Å². The van der Waals surface area contributed by atoms with Crippen molar-refractivity contribution in [2.75, 3.05) is 32.6 Å². The summed E-state index contributed by atoms with van der Waals surface area (Å²) in [7, 11) is 2.57. The molecular formula is C25H26F5N3O5. The van der Waals surface area contributed by atoms with Crippen molar-refractivity contribution in [2.24, 2.45) is 5.92 Å². The topological polar surface area (TPSA) is 90.0 Å². The summed E-state index contributed by atoms with van der Waals surface area (Å²) in [5, 5.41) is 2.47. The zero-order valence-electron chi connectivity index (χ0n) is 20.9. The molecule has 0 aliphatic carbocycles. The normalized spacial score (nSPS) is 25.7. The summed E-state index contributed by atoms with van der Waals surface area (Å²) in [6.07, 6.45) is -5.47. The number of methoxy groups -OCH3 is 2. The van der Waals surface area contributed by atoms with Crippen LogP contribution in [0, 0.1) is 17.6 Å². The van der Waals surface area contributed by atoms with Crippen LogP contribution in [-0.2, 0) is 14.3 Å². The quantitative estimate of drug-likeness (QED) is 0.556. The number of carbonyl (C=O) groups is 2. The first-order chi connectivity index (χ1) is 17.8. The van der Waals surface area contributed by atoms with E-state index in [1.165, 1.54) is 37.3 Å². The van der Waals surface area contributed by atoms with Crippen LogP contribution in [0.4, 0.5) is 27.6 Å². The molecule has 0 bridgehead atoms. The number of carbonyl (C=O) groups excluding carboxylic acids is 2. The second-order valence-electron chi connectivity index (χ2n) is 9.43. The first kappa shape index (κ1) is 27.7. The molecule has 206 valence electrons. The number of hydrogen-bond donors (Lipinski definition) is 1. The molecule has 0 spiro atoms. The molecule has 1 aromatic heterocycles. The number of hydrogen-bond acceptors (Lipinski definition) is 6. The van der Waals surface area contributed by atoms with Crippen molar-refractivity contribution in [3.05, 3.63) is 53.4 Å². The van der Waals surface area contributed by atoms with E-state index < -0.39 is 58.9 Å². The summed E-state index contributed by atoms with van der Waals surface area (Å²) < 4.78 is 86.1. The molecule has 1 N–H and O–H groups in total. The molecule has 0 saturated carbocycles. The summed E-state index contributed by atoms with van der Waals surface area (Å²) in [5.74, 6) is -7.41. The Hall–Kier alpha value is -3.32. The molecule has 3 heterocycles. The van der Waals surface area contributed by atoms with Crippen LogP contribution >= 0.6 is 0 Å². The minimum absolute atomic E-state index is 0.0111. The summed E-state index contributed by atoms with van der Waals surface area (Å²) in [6.45, 7) is 2.76. The molecule has 2 aliphatic heterocycles. The molecule has 38 heavy (non-hydrogen) atoms. The van der Waals surface area contributed by atoms with E-state index in [-0.39, 0.29) is 23.0 Å². The van der Waals surface area contributed by atoms with Gasteiger partial charge in [0.15, 0.2) is 17.2 Å². The molecule has 2 saturated heterocycles. The van der Waals surface area contributed by atoms with Gasteiger partial charge in [0.2, 0.25) is 5.82 Å². The lowest BCUT2D eigenvalue weighted by Crippen LogP contribution is -2.54. The maximum atomic E-state index is 14.5. The Morgan fingerprint density at radius 3 is 2.47 bits per heavy atom. The number of pyridine rings is 1. The number of anilines is 1. The number of ether oxygens (including phenoxy) is 3. The SMILES string of the molecule is COc1c([C@H]2[C@H](C(=O)Nc3ccnc(C(=O)N4CC(OC)C4)c3)O[C@@](C)(C(F)(F)F)[C@H]2C)ccc(F)c1F. The van der Waals surface area contributed by atoms with Gasteiger partial charge in [0.1, 0.15) is 11.8 Å². The van der Waals surface area contributed by atoms with Crippen LogP contribution in [0.5, 0.6) is 5.75 Å². The lowest BCUT2D eigenvalue weighted by Gasteiger charge is -2.37. The second kappa shape index (κ2) is 10.1. The van der Waals surface area contributed by atoms with Gasteiger partial charge in [-0.05, 0) is 25.1 Å². The van der Waals surface area contributed by atoms with Crippen molar-refractivity contribution in [1.29, 1.82) is 0 Å². The third-order valence-electron chi connectivity index (χ3n) is 7.29. The van der Waals surface area contributed by atoms with E-state index in [0.717, 1.165) is 26.2 Å². The van der Waals surface area contributed by atoms with E-state index in [9.17, 15) is 31.5 Å². The molecule has 2 aliphatic rings. The molecule has 0 radical (unpaired) electrons. The molecule has 0 unspecified atom stereocenters. The van der Waals surface area contributed by atoms with Crippen LogP contribution in [0.3, 0.4) is 0 Å². The highest BCUT2D eigenvalue weighted by atomic mass is 19.4. The molecule has 4 rings (SSSR count). The van der Waals surface area contributed by atoms with Crippen LogP contribution in [0.25, 0.3) is 0 Å². The Morgan fingerprint density at radius 1 is 1.18 bits per heavy atom. The third-order valence-corrected chi connectivity index (χ3v) is 7.29. The zero-order valence-corrected chi connectivity index (χ0v) is 20.9. The Bertz CT molecular complexity index is 1240. The third kappa shape index (κ3) is 4.68. The number of halogens is 5. The maximum Gasteiger partial charge on any atom is 0.417 e. The van der Waals surface area contributed by atoms with Crippen LogP contribution in [0.1, 0.15) is 35.8 Å². The fourth-order valence-electron chi connectivity index (χ4n) is 4.79. The van der Waals surface area contributed by atoms with Crippen LogP contribution in [0.2, 0.25) is 0 Å². The van der Waals surface area contributed by atoms with Gasteiger partial charge in [-0.25, -0.2) is 4.39 Å². The summed E-state index contributed by atoms with van der Waals surface area (Å²) in [6, 6.07) is 4.47. The monoisotopic (exact) mass is 543 g/mol. The highest BCUT2D eigenvalue weighted by Gasteiger charge is 2.66. The summed E-state index contributed by atoms with van der Waals surface area (Å²) >= 11 is 0. The number of aromatic nitrogens is 1. The zero-order chi connectivity index (χ0) is 28.0. The number of benzene rings is 1. The Balaban J connectivity index is 1.65. The second-order valence-corrected chi connectivity index (χ2v) is 9.43. The van der Waals surface area contributed by atoms with E-state index in [0.29, 0.717) is 13.1 Å². The fraction of sp³-hybridized carbons (Fsp3) is 0.480. The molecule has 4 atom stereocenters. The van der Waals surface area contributed by atoms with Gasteiger partial charge in [0, 0.05) is 49.5 Å². The number of nitrogens with one attached hydrogen (secondary N) is 1. The summed E-state index contributed by atoms with van der Waals surface area (Å²) in [4.78, 5) is 31.5. The smallest absolute Gasteiger partial charge is 0.417 e. The van der Waals surface area contributed by atoms with E-state index in [1.807, 2.05) is 0 Å². The van der Waals surface area contributed by atoms with Gasteiger partial charge < -0.3 is 24.4 Å². The first-order valence-electron chi connectivity index (χ1n) is 11.7. The molecule has 2 aromatic rings. The molecule has 1 aromatic carbocycles. The lowest BCUT2D eigenvalue weighted by molar-refractivity contribution is -0.272. The van der Waals surface area contributed by atoms with Crippen LogP contribution in [-0.4, -0.2) is 73.0 Å². The van der Waals surface area contributed by atoms with Crippen molar-refractivity contribution in [3.63, 3.8) is 0 Å². The van der Waals surface area contributed by atoms with Gasteiger partial charge in [0.05, 0.1) is 13.2 Å². The highest BCUT2D eigenvalue weighted by Crippen LogP contribution is 2.55. The largest absolute Gasteiger partial charge is 0.493 e. The van der Waals surface area contributed by atoms with Crippen molar-refractivity contribution < 1.29 is 45.8 Å². The van der Waals surface area contributed by atoms with Crippen LogP contribution < -0.4 is 10.1 Å². The fourth-order valence-corrected chi connectivity index (χ4v) is 4.79. The molecule has 2 fully saturated rings. The van der Waals surface area contributed by atoms with Gasteiger partial charge >= 0.3 is 6.18 Å². The van der Waals surface area contributed by atoms with Gasteiger partial charge in [-0.1, -0.05) is 13.0 Å². The highest BCUT2D eigenvalue weighted by molar-refractivity contribution is 5.98. The Labute approximate surface area is 215 Å². The number of amides is 2. The minimum atomic E-state index is -4.89. The minimum Gasteiger partial charge on any atom is -0.493 e. The first-order valence-corrected chi connectivity index (χ1v) is 11.7. The maximum absolute atomic E-state index is 14.5. The molecule has 13 heteroatoms. The number of alkyl halides is 3. The molecule has 2 amide bonds. The van der Waals surface area contributed by atoms with Gasteiger partial charge in [0.25, 0.3) is 11.8 Å². The average Bonchev–Trinajstić information content (AvgIpc) is 3.12. The average molecular weight is 543 g/mol. The van der Waals surface area contributed by atoms with Gasteiger partial charge in [-0.3, -0.25) is 14.6 Å². The number of likely N-dealkylation sites (tertiary alicyclic amines) is 1. The lowest BCUT2D eigenvalue weighted by atomic mass is 9.77. The van der Waals surface area contributed by atoms with Crippen molar-refractivity contribution in [3.8, 4) is 5.75 Å². The molecular weight excluding hydrogens is 517 g/mol. The van der Waals surface area contributed by atoms with Crippen LogP contribution in [0.15, 0.2) is 30.5 Å². The van der Waals surface area contributed by atoms with Gasteiger partial charge in [-0.15, -0.1) is 0 Å². The summed E-state index contributed by atoms with van der Waals surface area (Å²) in [5.41, 5.74) is -2.84. The number of nitrogens with zero attached hydrogens (tertiary/aromatic N) is 2. The Morgan fingerprint density at radius 2 is 1.87 bits per heavy atom. The number of rotatable bonds is 6. The standard InChI is InChI=1S/C25H26F5N3O5/c1-12-18(15-5-6-16(26)19(27)20(15)37-4)21(38-24(12,2)25(28,29)30)22(34)32-13-7-8-31-17(9-13)23(35)33-10-14(11-33)36-3/h5-9,12,14,18,21H,10-11H2,1-4H3,(H,31,32,34)/t12-,18-,21+,24+/m0/s1. The Kier molecular flexibility index (Phi) is 7.36. The van der Waals surface area contributed by atoms with Crippen molar-refractivity contribution in [2.45, 2.75) is 43.8 Å². The van der Waals surface area contributed by atoms with E-state index in [4.69, 9.17) is 14.2 Å². The predicted octanol–water partition coefficient (Wildman–Crippen LogP) is 3.92. The van der Waals surface area contributed by atoms with Crippen molar-refractivity contribution in [1.82, 2.24) is 9.88 Å². The molecule has 8 nitrogen and oxygen atoms in total.